The summed E-state index contributed by atoms with van der Waals surface area (Å²) in [6.45, 7) is 0.559. The van der Waals surface area contributed by atoms with Crippen LogP contribution in [-0.2, 0) is 9.59 Å². The van der Waals surface area contributed by atoms with Gasteiger partial charge in [0.2, 0.25) is 5.91 Å². The lowest BCUT2D eigenvalue weighted by Crippen LogP contribution is -2.32. The largest absolute Gasteiger partial charge is 0.493 e. The second-order valence-electron chi connectivity index (χ2n) is 6.91. The number of amides is 1. The molecule has 2 aromatic rings. The molecular weight excluding hydrogens is 374 g/mol. The van der Waals surface area contributed by atoms with Crippen molar-refractivity contribution in [1.29, 1.82) is 0 Å². The highest BCUT2D eigenvalue weighted by Crippen LogP contribution is 2.36. The third kappa shape index (κ3) is 4.99. The van der Waals surface area contributed by atoms with Crippen LogP contribution in [-0.4, -0.2) is 37.8 Å². The number of hydrogen-bond acceptors (Lipinski definition) is 5. The SMILES string of the molecule is COc1ccc([C@@H](CC(=O)O)NC(=O)C[C@H]2CCOc3ccccc32)cc1OC. The summed E-state index contributed by atoms with van der Waals surface area (Å²) in [5.74, 6) is 0.659. The first-order chi connectivity index (χ1) is 14.0. The Morgan fingerprint density at radius 1 is 1.17 bits per heavy atom. The summed E-state index contributed by atoms with van der Waals surface area (Å²) in [6.07, 6.45) is 0.778. The molecule has 0 bridgehead atoms. The molecule has 1 heterocycles. The number of carbonyl (C=O) groups is 2. The van der Waals surface area contributed by atoms with Gasteiger partial charge < -0.3 is 24.6 Å². The Hall–Kier alpha value is -3.22. The van der Waals surface area contributed by atoms with Crippen molar-refractivity contribution in [3.8, 4) is 17.2 Å². The first-order valence-electron chi connectivity index (χ1n) is 9.46. The van der Waals surface area contributed by atoms with Gasteiger partial charge in [0.1, 0.15) is 5.75 Å². The monoisotopic (exact) mass is 399 g/mol. The topological polar surface area (TPSA) is 94.1 Å². The van der Waals surface area contributed by atoms with Gasteiger partial charge in [0, 0.05) is 6.42 Å². The lowest BCUT2D eigenvalue weighted by atomic mass is 9.90. The van der Waals surface area contributed by atoms with Gasteiger partial charge in [-0.1, -0.05) is 24.3 Å². The number of nitrogens with one attached hydrogen (secondary N) is 1. The van der Waals surface area contributed by atoms with Crippen LogP contribution in [0.1, 0.15) is 42.3 Å². The second kappa shape index (κ2) is 9.32. The molecule has 0 saturated heterocycles. The molecule has 1 aliphatic rings. The number of ether oxygens (including phenoxy) is 3. The Morgan fingerprint density at radius 3 is 2.66 bits per heavy atom. The predicted molar refractivity (Wildman–Crippen MR) is 107 cm³/mol. The molecule has 2 atom stereocenters. The number of carboxylic acid groups (broad SMARTS) is 1. The van der Waals surface area contributed by atoms with Gasteiger partial charge in [0.25, 0.3) is 0 Å². The zero-order valence-corrected chi connectivity index (χ0v) is 16.5. The number of rotatable bonds is 8. The van der Waals surface area contributed by atoms with Crippen LogP contribution in [0.5, 0.6) is 17.2 Å². The minimum absolute atomic E-state index is 0.0378. The maximum Gasteiger partial charge on any atom is 0.305 e. The van der Waals surface area contributed by atoms with Crippen molar-refractivity contribution in [2.24, 2.45) is 0 Å². The van der Waals surface area contributed by atoms with Gasteiger partial charge in [-0.15, -0.1) is 0 Å². The Kier molecular flexibility index (Phi) is 6.59. The van der Waals surface area contributed by atoms with Gasteiger partial charge >= 0.3 is 5.97 Å². The van der Waals surface area contributed by atoms with E-state index in [4.69, 9.17) is 14.2 Å². The van der Waals surface area contributed by atoms with Gasteiger partial charge in [0.05, 0.1) is 33.3 Å². The molecule has 7 nitrogen and oxygen atoms in total. The van der Waals surface area contributed by atoms with Crippen LogP contribution in [0.2, 0.25) is 0 Å². The first-order valence-corrected chi connectivity index (χ1v) is 9.46. The molecule has 2 aromatic carbocycles. The number of aliphatic carboxylic acids is 1. The molecule has 29 heavy (non-hydrogen) atoms. The first kappa shape index (κ1) is 20.5. The summed E-state index contributed by atoms with van der Waals surface area (Å²) >= 11 is 0. The number of benzene rings is 2. The second-order valence-corrected chi connectivity index (χ2v) is 6.91. The van der Waals surface area contributed by atoms with E-state index in [1.54, 1.807) is 18.2 Å². The quantitative estimate of drug-likeness (QED) is 0.707. The molecule has 1 amide bonds. The van der Waals surface area contributed by atoms with Crippen molar-refractivity contribution in [3.05, 3.63) is 53.6 Å². The Morgan fingerprint density at radius 2 is 1.93 bits per heavy atom. The molecule has 3 rings (SSSR count). The van der Waals surface area contributed by atoms with Crippen molar-refractivity contribution in [2.75, 3.05) is 20.8 Å². The third-order valence-corrected chi connectivity index (χ3v) is 5.04. The fourth-order valence-electron chi connectivity index (χ4n) is 3.60. The van der Waals surface area contributed by atoms with E-state index >= 15 is 0 Å². The summed E-state index contributed by atoms with van der Waals surface area (Å²) in [6, 6.07) is 12.1. The maximum absolute atomic E-state index is 12.8. The normalized spacial score (nSPS) is 16.1. The smallest absolute Gasteiger partial charge is 0.305 e. The van der Waals surface area contributed by atoms with Crippen LogP contribution in [0, 0.1) is 0 Å². The summed E-state index contributed by atoms with van der Waals surface area (Å²) in [5.41, 5.74) is 1.65. The molecule has 1 aliphatic heterocycles. The van der Waals surface area contributed by atoms with E-state index in [0.29, 0.717) is 23.7 Å². The maximum atomic E-state index is 12.8. The van der Waals surface area contributed by atoms with E-state index in [9.17, 15) is 14.7 Å². The van der Waals surface area contributed by atoms with Gasteiger partial charge in [-0.25, -0.2) is 0 Å². The van der Waals surface area contributed by atoms with Crippen molar-refractivity contribution in [2.45, 2.75) is 31.2 Å². The molecule has 0 unspecified atom stereocenters. The zero-order chi connectivity index (χ0) is 20.8. The third-order valence-electron chi connectivity index (χ3n) is 5.04. The number of fused-ring (bicyclic) bond motifs is 1. The Bertz CT molecular complexity index is 881. The van der Waals surface area contributed by atoms with Gasteiger partial charge in [0.15, 0.2) is 11.5 Å². The molecular formula is C22H25NO6. The summed E-state index contributed by atoms with van der Waals surface area (Å²) < 4.78 is 16.2. The molecule has 2 N–H and O–H groups in total. The van der Waals surface area contributed by atoms with Gasteiger partial charge in [-0.2, -0.15) is 0 Å². The molecule has 154 valence electrons. The molecule has 0 fully saturated rings. The van der Waals surface area contributed by atoms with Crippen LogP contribution >= 0.6 is 0 Å². The number of methoxy groups -OCH3 is 2. The van der Waals surface area contributed by atoms with E-state index in [1.807, 2.05) is 24.3 Å². The van der Waals surface area contributed by atoms with Crippen LogP contribution < -0.4 is 19.5 Å². The highest BCUT2D eigenvalue weighted by Gasteiger charge is 2.26. The lowest BCUT2D eigenvalue weighted by molar-refractivity contribution is -0.137. The average Bonchev–Trinajstić information content (AvgIpc) is 2.72. The Labute approximate surface area is 169 Å². The number of para-hydroxylation sites is 1. The van der Waals surface area contributed by atoms with E-state index in [0.717, 1.165) is 17.7 Å². The minimum Gasteiger partial charge on any atom is -0.493 e. The Balaban J connectivity index is 1.76. The van der Waals surface area contributed by atoms with Gasteiger partial charge in [-0.05, 0) is 41.7 Å². The van der Waals surface area contributed by atoms with Crippen LogP contribution in [0.3, 0.4) is 0 Å². The van der Waals surface area contributed by atoms with E-state index < -0.39 is 12.0 Å². The van der Waals surface area contributed by atoms with E-state index in [-0.39, 0.29) is 24.7 Å². The van der Waals surface area contributed by atoms with Crippen molar-refractivity contribution >= 4 is 11.9 Å². The van der Waals surface area contributed by atoms with E-state index in [2.05, 4.69) is 5.32 Å². The summed E-state index contributed by atoms with van der Waals surface area (Å²) in [7, 11) is 3.04. The fraction of sp³-hybridized carbons (Fsp3) is 0.364. The van der Waals surface area contributed by atoms with Crippen LogP contribution in [0.25, 0.3) is 0 Å². The average molecular weight is 399 g/mol. The van der Waals surface area contributed by atoms with Crippen LogP contribution in [0.15, 0.2) is 42.5 Å². The molecule has 0 aromatic heterocycles. The molecule has 7 heteroatoms. The van der Waals surface area contributed by atoms with E-state index in [1.165, 1.54) is 14.2 Å². The molecule has 0 saturated carbocycles. The highest BCUT2D eigenvalue weighted by atomic mass is 16.5. The van der Waals surface area contributed by atoms with Crippen LogP contribution in [0.4, 0.5) is 0 Å². The van der Waals surface area contributed by atoms with Crippen molar-refractivity contribution in [3.63, 3.8) is 0 Å². The lowest BCUT2D eigenvalue weighted by Gasteiger charge is -2.26. The van der Waals surface area contributed by atoms with Crippen molar-refractivity contribution in [1.82, 2.24) is 5.32 Å². The molecule has 0 spiro atoms. The predicted octanol–water partition coefficient (Wildman–Crippen LogP) is 3.29. The number of hydrogen-bond donors (Lipinski definition) is 2. The summed E-state index contributed by atoms with van der Waals surface area (Å²) in [5, 5.41) is 12.2. The zero-order valence-electron chi connectivity index (χ0n) is 16.5. The standard InChI is InChI=1S/C22H25NO6/c1-27-19-8-7-15(11-20(19)28-2)17(13-22(25)26)23-21(24)12-14-9-10-29-18-6-4-3-5-16(14)18/h3-8,11,14,17H,9-10,12-13H2,1-2H3,(H,23,24)(H,25,26)/t14-,17-/m1/s1. The van der Waals surface area contributed by atoms with Gasteiger partial charge in [-0.3, -0.25) is 9.59 Å². The number of carboxylic acids is 1. The number of carbonyl (C=O) groups excluding carboxylic acids is 1. The molecule has 0 aliphatic carbocycles. The minimum atomic E-state index is -0.999. The fourth-order valence-corrected chi connectivity index (χ4v) is 3.60. The molecule has 0 radical (unpaired) electrons. The summed E-state index contributed by atoms with van der Waals surface area (Å²) in [4.78, 5) is 24.1. The van der Waals surface area contributed by atoms with Crippen molar-refractivity contribution < 1.29 is 28.9 Å². The highest BCUT2D eigenvalue weighted by molar-refractivity contribution is 5.79.